The first-order chi connectivity index (χ1) is 10.9. The van der Waals surface area contributed by atoms with Crippen LogP contribution >= 0.6 is 11.6 Å². The Morgan fingerprint density at radius 3 is 2.65 bits per heavy atom. The van der Waals surface area contributed by atoms with Gasteiger partial charge >= 0.3 is 0 Å². The average molecular weight is 334 g/mol. The minimum absolute atomic E-state index is 0.331. The molecule has 6 nitrogen and oxygen atoms in total. The van der Waals surface area contributed by atoms with Gasteiger partial charge in [0.2, 0.25) is 5.89 Å². The molecule has 0 atom stereocenters. The molecule has 0 radical (unpaired) electrons. The molecule has 0 saturated heterocycles. The third kappa shape index (κ3) is 3.38. The predicted octanol–water partition coefficient (Wildman–Crippen LogP) is 3.40. The van der Waals surface area contributed by atoms with Gasteiger partial charge in [-0.2, -0.15) is 4.98 Å². The van der Waals surface area contributed by atoms with Gasteiger partial charge < -0.3 is 8.92 Å². The summed E-state index contributed by atoms with van der Waals surface area (Å²) in [5, 5.41) is 4.69. The lowest BCUT2D eigenvalue weighted by atomic mass is 10.2. The van der Waals surface area contributed by atoms with Crippen LogP contribution in [0, 0.1) is 13.8 Å². The Morgan fingerprint density at radius 1 is 1.22 bits per heavy atom. The molecular weight excluding hydrogens is 314 g/mol. The zero-order valence-corrected chi connectivity index (χ0v) is 14.5. The van der Waals surface area contributed by atoms with Crippen LogP contribution in [0.3, 0.4) is 0 Å². The molecule has 3 aromatic heterocycles. The van der Waals surface area contributed by atoms with E-state index < -0.39 is 0 Å². The summed E-state index contributed by atoms with van der Waals surface area (Å²) in [5.74, 6) is 1.28. The quantitative estimate of drug-likeness (QED) is 0.716. The Balaban J connectivity index is 1.91. The highest BCUT2D eigenvalue weighted by molar-refractivity contribution is 6.30. The van der Waals surface area contributed by atoms with Gasteiger partial charge in [0.15, 0.2) is 5.82 Å². The van der Waals surface area contributed by atoms with Crippen molar-refractivity contribution in [1.29, 1.82) is 0 Å². The zero-order chi connectivity index (χ0) is 16.6. The maximum Gasteiger partial charge on any atom is 0.223 e. The van der Waals surface area contributed by atoms with Crippen molar-refractivity contribution >= 4 is 17.2 Å². The summed E-state index contributed by atoms with van der Waals surface area (Å²) < 4.78 is 7.12. The summed E-state index contributed by atoms with van der Waals surface area (Å²) in [6, 6.07) is 4.12. The second kappa shape index (κ2) is 6.29. The molecular formula is C16H20ClN5O. The number of pyridine rings is 1. The number of imidazole rings is 1. The second-order valence-corrected chi connectivity index (χ2v) is 6.38. The van der Waals surface area contributed by atoms with E-state index in [9.17, 15) is 0 Å². The zero-order valence-electron chi connectivity index (χ0n) is 13.7. The summed E-state index contributed by atoms with van der Waals surface area (Å²) in [5.41, 5.74) is 3.03. The molecule has 0 saturated carbocycles. The van der Waals surface area contributed by atoms with Crippen molar-refractivity contribution in [2.24, 2.45) is 0 Å². The van der Waals surface area contributed by atoms with E-state index in [1.807, 2.05) is 25.3 Å². The summed E-state index contributed by atoms with van der Waals surface area (Å²) in [7, 11) is 0. The van der Waals surface area contributed by atoms with Crippen LogP contribution in [-0.4, -0.2) is 30.5 Å². The Morgan fingerprint density at radius 2 is 2.00 bits per heavy atom. The van der Waals surface area contributed by atoms with Crippen molar-refractivity contribution in [1.82, 2.24) is 24.4 Å². The molecule has 0 aliphatic rings. The molecule has 0 aliphatic carbocycles. The summed E-state index contributed by atoms with van der Waals surface area (Å²) in [4.78, 5) is 11.2. The average Bonchev–Trinajstić information content (AvgIpc) is 3.02. The number of fused-ring (bicyclic) bond motifs is 1. The molecule has 0 aliphatic heterocycles. The first kappa shape index (κ1) is 16.0. The van der Waals surface area contributed by atoms with E-state index in [1.54, 1.807) is 6.92 Å². The smallest absolute Gasteiger partial charge is 0.223 e. The largest absolute Gasteiger partial charge is 0.340 e. The number of nitrogens with zero attached hydrogens (tertiary/aromatic N) is 5. The monoisotopic (exact) mass is 333 g/mol. The molecule has 3 heterocycles. The molecule has 0 N–H and O–H groups in total. The van der Waals surface area contributed by atoms with Gasteiger partial charge in [0.25, 0.3) is 0 Å². The first-order valence-corrected chi connectivity index (χ1v) is 7.98. The lowest BCUT2D eigenvalue weighted by molar-refractivity contribution is 0.192. The molecule has 7 heteroatoms. The van der Waals surface area contributed by atoms with Gasteiger partial charge in [-0.3, -0.25) is 4.90 Å². The molecule has 0 spiro atoms. The molecule has 0 amide bonds. The van der Waals surface area contributed by atoms with Gasteiger partial charge in [-0.25, -0.2) is 4.98 Å². The van der Waals surface area contributed by atoms with Crippen molar-refractivity contribution in [2.45, 2.75) is 46.8 Å². The standard InChI is InChI=1S/C16H20ClN5O/c1-10(2)21(9-15-19-12(4)23-20-15)8-14-11(3)18-16-6-5-13(17)7-22(14)16/h5-7,10H,8-9H2,1-4H3. The van der Waals surface area contributed by atoms with Crippen molar-refractivity contribution in [3.63, 3.8) is 0 Å². The lowest BCUT2D eigenvalue weighted by Gasteiger charge is -2.25. The van der Waals surface area contributed by atoms with Crippen molar-refractivity contribution in [2.75, 3.05) is 0 Å². The summed E-state index contributed by atoms with van der Waals surface area (Å²) in [6.45, 7) is 9.48. The van der Waals surface area contributed by atoms with E-state index >= 15 is 0 Å². The maximum atomic E-state index is 6.14. The van der Waals surface area contributed by atoms with Gasteiger partial charge in [-0.1, -0.05) is 16.8 Å². The topological polar surface area (TPSA) is 59.5 Å². The Labute approximate surface area is 140 Å². The van der Waals surface area contributed by atoms with Crippen LogP contribution in [0.4, 0.5) is 0 Å². The molecule has 0 unspecified atom stereocenters. The molecule has 0 fully saturated rings. The number of hydrogen-bond acceptors (Lipinski definition) is 5. The number of halogens is 1. The lowest BCUT2D eigenvalue weighted by Crippen LogP contribution is -2.31. The fourth-order valence-electron chi connectivity index (χ4n) is 2.58. The third-order valence-electron chi connectivity index (χ3n) is 3.88. The molecule has 3 rings (SSSR count). The minimum atomic E-state index is 0.331. The van der Waals surface area contributed by atoms with E-state index in [1.165, 1.54) is 0 Å². The van der Waals surface area contributed by atoms with Crippen molar-refractivity contribution < 1.29 is 4.52 Å². The Kier molecular flexibility index (Phi) is 4.37. The number of aryl methyl sites for hydroxylation is 2. The van der Waals surface area contributed by atoms with E-state index in [0.29, 0.717) is 29.3 Å². The molecule has 3 aromatic rings. The Bertz CT molecular complexity index is 823. The predicted molar refractivity (Wildman–Crippen MR) is 88.4 cm³/mol. The highest BCUT2D eigenvalue weighted by Gasteiger charge is 2.18. The number of hydrogen-bond donors (Lipinski definition) is 0. The maximum absolute atomic E-state index is 6.14. The van der Waals surface area contributed by atoms with E-state index in [4.69, 9.17) is 16.1 Å². The van der Waals surface area contributed by atoms with Crippen LogP contribution in [0.15, 0.2) is 22.9 Å². The van der Waals surface area contributed by atoms with Gasteiger partial charge in [-0.15, -0.1) is 0 Å². The van der Waals surface area contributed by atoms with Crippen molar-refractivity contribution in [3.8, 4) is 0 Å². The van der Waals surface area contributed by atoms with Gasteiger partial charge in [-0.05, 0) is 32.9 Å². The van der Waals surface area contributed by atoms with Crippen molar-refractivity contribution in [3.05, 3.63) is 46.5 Å². The highest BCUT2D eigenvalue weighted by Crippen LogP contribution is 2.19. The van der Waals surface area contributed by atoms with Gasteiger partial charge in [0.1, 0.15) is 5.65 Å². The van der Waals surface area contributed by atoms with E-state index in [2.05, 4.69) is 38.3 Å². The number of aromatic nitrogens is 4. The third-order valence-corrected chi connectivity index (χ3v) is 4.10. The molecule has 0 aromatic carbocycles. The first-order valence-electron chi connectivity index (χ1n) is 7.60. The fraction of sp³-hybridized carbons (Fsp3) is 0.438. The van der Waals surface area contributed by atoms with Crippen LogP contribution in [0.1, 0.15) is 37.0 Å². The molecule has 0 bridgehead atoms. The highest BCUT2D eigenvalue weighted by atomic mass is 35.5. The van der Waals surface area contributed by atoms with Gasteiger partial charge in [0, 0.05) is 25.7 Å². The van der Waals surface area contributed by atoms with Crippen LogP contribution in [0.5, 0.6) is 0 Å². The van der Waals surface area contributed by atoms with E-state index in [-0.39, 0.29) is 0 Å². The van der Waals surface area contributed by atoms with Crippen LogP contribution in [-0.2, 0) is 13.1 Å². The van der Waals surface area contributed by atoms with Crippen LogP contribution < -0.4 is 0 Å². The Hall–Kier alpha value is -1.92. The van der Waals surface area contributed by atoms with Crippen LogP contribution in [0.2, 0.25) is 5.02 Å². The molecule has 122 valence electrons. The fourth-order valence-corrected chi connectivity index (χ4v) is 2.74. The van der Waals surface area contributed by atoms with E-state index in [0.717, 1.165) is 23.6 Å². The summed E-state index contributed by atoms with van der Waals surface area (Å²) >= 11 is 6.14. The molecule has 23 heavy (non-hydrogen) atoms. The number of rotatable bonds is 5. The second-order valence-electron chi connectivity index (χ2n) is 5.95. The minimum Gasteiger partial charge on any atom is -0.340 e. The van der Waals surface area contributed by atoms with Gasteiger partial charge in [0.05, 0.1) is 23.0 Å². The normalized spacial score (nSPS) is 12.0. The summed E-state index contributed by atoms with van der Waals surface area (Å²) in [6.07, 6.45) is 1.91. The SMILES string of the molecule is Cc1nc(CN(Cc2c(C)nc3ccc(Cl)cn23)C(C)C)no1. The van der Waals surface area contributed by atoms with Crippen LogP contribution in [0.25, 0.3) is 5.65 Å².